The van der Waals surface area contributed by atoms with Crippen LogP contribution < -0.4 is 5.73 Å². The van der Waals surface area contributed by atoms with Crippen molar-refractivity contribution in [3.63, 3.8) is 0 Å². The van der Waals surface area contributed by atoms with E-state index in [9.17, 15) is 4.79 Å². The summed E-state index contributed by atoms with van der Waals surface area (Å²) in [5.74, 6) is -1.71. The molecule has 1 unspecified atom stereocenters. The summed E-state index contributed by atoms with van der Waals surface area (Å²) >= 11 is 0. The topological polar surface area (TPSA) is 101 Å². The van der Waals surface area contributed by atoms with Crippen molar-refractivity contribution in [2.24, 2.45) is 11.1 Å². The fourth-order valence-corrected chi connectivity index (χ4v) is 0.806. The lowest BCUT2D eigenvalue weighted by Crippen LogP contribution is -2.37. The van der Waals surface area contributed by atoms with Gasteiger partial charge in [0.2, 0.25) is 0 Å². The maximum atomic E-state index is 10.3. The number of carboxylic acids is 2. The van der Waals surface area contributed by atoms with Crippen molar-refractivity contribution in [1.29, 1.82) is 0 Å². The molecule has 0 aliphatic heterocycles. The van der Waals surface area contributed by atoms with E-state index >= 15 is 0 Å². The summed E-state index contributed by atoms with van der Waals surface area (Å²) in [4.78, 5) is 19.3. The third-order valence-corrected chi connectivity index (χ3v) is 2.06. The largest absolute Gasteiger partial charge is 0.481 e. The highest BCUT2D eigenvalue weighted by Crippen LogP contribution is 2.47. The highest BCUT2D eigenvalue weighted by atomic mass is 16.4. The average molecular weight is 189 g/mol. The Labute approximate surface area is 76.5 Å². The van der Waals surface area contributed by atoms with Gasteiger partial charge >= 0.3 is 5.97 Å². The molecule has 0 bridgehead atoms. The van der Waals surface area contributed by atoms with Crippen molar-refractivity contribution in [2.45, 2.75) is 32.7 Å². The molecule has 1 aliphatic rings. The van der Waals surface area contributed by atoms with Crippen LogP contribution in [0.2, 0.25) is 0 Å². The van der Waals surface area contributed by atoms with Crippen LogP contribution in [-0.4, -0.2) is 28.2 Å². The van der Waals surface area contributed by atoms with E-state index in [4.69, 9.17) is 20.7 Å². The summed E-state index contributed by atoms with van der Waals surface area (Å²) in [6.07, 6.45) is 1.92. The molecule has 5 heteroatoms. The van der Waals surface area contributed by atoms with Crippen LogP contribution in [0.3, 0.4) is 0 Å². The molecule has 0 aromatic carbocycles. The Bertz CT molecular complexity index is 206. The lowest BCUT2D eigenvalue weighted by atomic mass is 10.0. The van der Waals surface area contributed by atoms with Gasteiger partial charge in [-0.1, -0.05) is 6.92 Å². The number of carbonyl (C=O) groups is 2. The monoisotopic (exact) mass is 189 g/mol. The molecule has 1 rings (SSSR count). The zero-order chi connectivity index (χ0) is 10.6. The maximum Gasteiger partial charge on any atom is 0.321 e. The third kappa shape index (κ3) is 4.47. The minimum Gasteiger partial charge on any atom is -0.481 e. The Kier molecular flexibility index (Phi) is 3.87. The van der Waals surface area contributed by atoms with Gasteiger partial charge < -0.3 is 15.9 Å². The third-order valence-electron chi connectivity index (χ3n) is 2.06. The van der Waals surface area contributed by atoms with Crippen LogP contribution in [0.15, 0.2) is 0 Å². The first-order valence-corrected chi connectivity index (χ1v) is 3.97. The van der Waals surface area contributed by atoms with Crippen LogP contribution in [0.5, 0.6) is 0 Å². The predicted octanol–water partition coefficient (Wildman–Crippen LogP) is 0.289. The zero-order valence-electron chi connectivity index (χ0n) is 7.78. The molecular formula is C8H15NO4. The second-order valence-corrected chi connectivity index (χ2v) is 3.49. The lowest BCUT2D eigenvalue weighted by Gasteiger charge is -2.12. The molecule has 0 radical (unpaired) electrons. The minimum atomic E-state index is -0.880. The molecule has 5 nitrogen and oxygen atoms in total. The Morgan fingerprint density at radius 2 is 1.69 bits per heavy atom. The smallest absolute Gasteiger partial charge is 0.321 e. The van der Waals surface area contributed by atoms with E-state index < -0.39 is 18.0 Å². The summed E-state index contributed by atoms with van der Waals surface area (Å²) in [6, 6.07) is -0.655. The highest BCUT2D eigenvalue weighted by Gasteiger charge is 2.46. The predicted molar refractivity (Wildman–Crippen MR) is 46.3 cm³/mol. The average Bonchev–Trinajstić information content (AvgIpc) is 2.66. The lowest BCUT2D eigenvalue weighted by molar-refractivity contribution is -0.140. The van der Waals surface area contributed by atoms with E-state index in [1.165, 1.54) is 0 Å². The number of hydrogen-bond acceptors (Lipinski definition) is 3. The molecule has 76 valence electrons. The first-order valence-electron chi connectivity index (χ1n) is 3.97. The molecule has 1 saturated carbocycles. The normalized spacial score (nSPS) is 19.3. The van der Waals surface area contributed by atoms with Crippen molar-refractivity contribution >= 4 is 11.9 Å². The Morgan fingerprint density at radius 1 is 1.38 bits per heavy atom. The maximum absolute atomic E-state index is 10.3. The molecule has 1 fully saturated rings. The van der Waals surface area contributed by atoms with Gasteiger partial charge in [0.25, 0.3) is 5.97 Å². The minimum absolute atomic E-state index is 0.0914. The molecule has 13 heavy (non-hydrogen) atoms. The van der Waals surface area contributed by atoms with Gasteiger partial charge in [-0.15, -0.1) is 0 Å². The summed E-state index contributed by atoms with van der Waals surface area (Å²) in [5.41, 5.74) is 5.27. The second-order valence-electron chi connectivity index (χ2n) is 3.49. The van der Waals surface area contributed by atoms with E-state index in [2.05, 4.69) is 0 Å². The van der Waals surface area contributed by atoms with Crippen molar-refractivity contribution in [1.82, 2.24) is 0 Å². The zero-order valence-corrected chi connectivity index (χ0v) is 7.78. The van der Waals surface area contributed by atoms with E-state index in [0.717, 1.165) is 19.8 Å². The van der Waals surface area contributed by atoms with Gasteiger partial charge in [0.15, 0.2) is 0 Å². The molecule has 1 atom stereocenters. The van der Waals surface area contributed by atoms with E-state index in [1.54, 1.807) is 0 Å². The highest BCUT2D eigenvalue weighted by molar-refractivity contribution is 5.74. The molecule has 4 N–H and O–H groups in total. The summed E-state index contributed by atoms with van der Waals surface area (Å²) in [6.45, 7) is 2.99. The molecule has 0 heterocycles. The van der Waals surface area contributed by atoms with Gasteiger partial charge in [0.1, 0.15) is 6.04 Å². The Morgan fingerprint density at radius 3 is 1.77 bits per heavy atom. The molecule has 0 aromatic heterocycles. The van der Waals surface area contributed by atoms with Crippen molar-refractivity contribution in [2.75, 3.05) is 0 Å². The standard InChI is InChI=1S/C6H11NO2.C2H4O2/c1-6(2-3-6)4(7)5(8)9;1-2(3)4/h4H,2-3,7H2,1H3,(H,8,9);1H3,(H,3,4). The van der Waals surface area contributed by atoms with Crippen LogP contribution in [-0.2, 0) is 9.59 Å². The van der Waals surface area contributed by atoms with E-state index in [-0.39, 0.29) is 5.41 Å². The molecule has 1 aliphatic carbocycles. The molecule has 0 saturated heterocycles. The first-order chi connectivity index (χ1) is 5.79. The Hall–Kier alpha value is -1.10. The molecule has 0 spiro atoms. The molecule has 0 amide bonds. The van der Waals surface area contributed by atoms with Gasteiger partial charge in [0, 0.05) is 6.92 Å². The quantitative estimate of drug-likeness (QED) is 0.579. The van der Waals surface area contributed by atoms with Crippen LogP contribution in [0.4, 0.5) is 0 Å². The SMILES string of the molecule is CC(=O)O.CC1(C(N)C(=O)O)CC1. The second kappa shape index (κ2) is 4.23. The number of rotatable bonds is 2. The van der Waals surface area contributed by atoms with Crippen LogP contribution in [0.1, 0.15) is 26.7 Å². The van der Waals surface area contributed by atoms with Gasteiger partial charge in [-0.25, -0.2) is 0 Å². The number of carboxylic acid groups (broad SMARTS) is 2. The van der Waals surface area contributed by atoms with Crippen molar-refractivity contribution in [3.05, 3.63) is 0 Å². The fourth-order valence-electron chi connectivity index (χ4n) is 0.806. The number of nitrogens with two attached hydrogens (primary N) is 1. The molecule has 0 aromatic rings. The number of hydrogen-bond donors (Lipinski definition) is 3. The van der Waals surface area contributed by atoms with Gasteiger partial charge in [0.05, 0.1) is 0 Å². The van der Waals surface area contributed by atoms with E-state index in [1.807, 2.05) is 6.92 Å². The first kappa shape index (κ1) is 11.9. The van der Waals surface area contributed by atoms with Gasteiger partial charge in [-0.05, 0) is 18.3 Å². The van der Waals surface area contributed by atoms with Crippen molar-refractivity contribution < 1.29 is 19.8 Å². The summed E-state index contributed by atoms with van der Waals surface area (Å²) < 4.78 is 0. The fraction of sp³-hybridized carbons (Fsp3) is 0.750. The van der Waals surface area contributed by atoms with Crippen LogP contribution in [0.25, 0.3) is 0 Å². The van der Waals surface area contributed by atoms with Crippen LogP contribution >= 0.6 is 0 Å². The Balaban J connectivity index is 0.000000310. The van der Waals surface area contributed by atoms with Crippen molar-refractivity contribution in [3.8, 4) is 0 Å². The number of aliphatic carboxylic acids is 2. The molecular weight excluding hydrogens is 174 g/mol. The van der Waals surface area contributed by atoms with E-state index in [0.29, 0.717) is 0 Å². The summed E-state index contributed by atoms with van der Waals surface area (Å²) in [7, 11) is 0. The van der Waals surface area contributed by atoms with Gasteiger partial charge in [-0.2, -0.15) is 0 Å². The van der Waals surface area contributed by atoms with Gasteiger partial charge in [-0.3, -0.25) is 9.59 Å². The van der Waals surface area contributed by atoms with Crippen LogP contribution in [0, 0.1) is 5.41 Å². The summed E-state index contributed by atoms with van der Waals surface area (Å²) in [5, 5.41) is 15.8.